The Morgan fingerprint density at radius 3 is 2.56 bits per heavy atom. The second kappa shape index (κ2) is 4.82. The topological polar surface area (TPSA) is 12.0 Å². The van der Waals surface area contributed by atoms with Crippen molar-refractivity contribution in [1.82, 2.24) is 5.32 Å². The van der Waals surface area contributed by atoms with Gasteiger partial charge in [0.1, 0.15) is 5.82 Å². The van der Waals surface area contributed by atoms with Crippen LogP contribution in [-0.2, 0) is 6.42 Å². The number of benzene rings is 1. The van der Waals surface area contributed by atoms with E-state index in [1.54, 1.807) is 0 Å². The third-order valence-corrected chi connectivity index (χ3v) is 5.08. The molecule has 1 nitrogen and oxygen atoms in total. The Morgan fingerprint density at radius 2 is 2.00 bits per heavy atom. The predicted molar refractivity (Wildman–Crippen MR) is 72.4 cm³/mol. The quantitative estimate of drug-likeness (QED) is 0.878. The molecule has 1 aromatic carbocycles. The molecule has 0 radical (unpaired) electrons. The fourth-order valence-electron chi connectivity index (χ4n) is 3.59. The number of rotatable bonds is 3. The average molecular weight is 268 g/mol. The third-order valence-electron chi connectivity index (χ3n) is 4.73. The van der Waals surface area contributed by atoms with E-state index in [1.807, 2.05) is 6.07 Å². The van der Waals surface area contributed by atoms with Gasteiger partial charge >= 0.3 is 0 Å². The molecule has 2 aliphatic rings. The Bertz CT molecular complexity index is 436. The van der Waals surface area contributed by atoms with E-state index < -0.39 is 0 Å². The van der Waals surface area contributed by atoms with Gasteiger partial charge in [0, 0.05) is 23.5 Å². The van der Waals surface area contributed by atoms with Gasteiger partial charge in [-0.05, 0) is 42.9 Å². The van der Waals surface area contributed by atoms with Gasteiger partial charge in [0.2, 0.25) is 0 Å². The van der Waals surface area contributed by atoms with E-state index >= 15 is 0 Å². The van der Waals surface area contributed by atoms with Crippen LogP contribution in [0.2, 0.25) is 5.02 Å². The molecule has 98 valence electrons. The molecule has 0 bridgehead atoms. The van der Waals surface area contributed by atoms with Gasteiger partial charge in [0.05, 0.1) is 0 Å². The Morgan fingerprint density at radius 1 is 1.28 bits per heavy atom. The summed E-state index contributed by atoms with van der Waals surface area (Å²) in [6.45, 7) is 2.18. The second-order valence-electron chi connectivity index (χ2n) is 5.86. The summed E-state index contributed by atoms with van der Waals surface area (Å²) in [6.07, 6.45) is 6.41. The van der Waals surface area contributed by atoms with Crippen LogP contribution in [0.25, 0.3) is 0 Å². The molecule has 0 atom stereocenters. The minimum Gasteiger partial charge on any atom is -0.315 e. The molecule has 0 spiro atoms. The summed E-state index contributed by atoms with van der Waals surface area (Å²) in [5.41, 5.74) is 1.48. The zero-order valence-corrected chi connectivity index (χ0v) is 11.3. The lowest BCUT2D eigenvalue weighted by atomic mass is 9.66. The van der Waals surface area contributed by atoms with Crippen molar-refractivity contribution in [1.29, 1.82) is 0 Å². The molecule has 1 saturated carbocycles. The first kappa shape index (κ1) is 12.4. The smallest absolute Gasteiger partial charge is 0.124 e. The lowest BCUT2D eigenvalue weighted by Crippen LogP contribution is -2.58. The van der Waals surface area contributed by atoms with Crippen LogP contribution in [0.15, 0.2) is 18.2 Å². The number of hydrogen-bond donors (Lipinski definition) is 1. The molecule has 0 unspecified atom stereocenters. The van der Waals surface area contributed by atoms with Crippen LogP contribution in [0.1, 0.15) is 31.2 Å². The monoisotopic (exact) mass is 267 g/mol. The highest BCUT2D eigenvalue weighted by Crippen LogP contribution is 2.45. The lowest BCUT2D eigenvalue weighted by Gasteiger charge is -2.48. The molecule has 1 N–H and O–H groups in total. The first-order valence-electron chi connectivity index (χ1n) is 6.84. The van der Waals surface area contributed by atoms with Crippen molar-refractivity contribution in [3.8, 4) is 0 Å². The van der Waals surface area contributed by atoms with Crippen LogP contribution >= 0.6 is 11.6 Å². The molecule has 1 aromatic rings. The molecule has 1 saturated heterocycles. The Labute approximate surface area is 113 Å². The van der Waals surface area contributed by atoms with Gasteiger partial charge in [-0.2, -0.15) is 0 Å². The largest absolute Gasteiger partial charge is 0.315 e. The van der Waals surface area contributed by atoms with Gasteiger partial charge in [-0.3, -0.25) is 0 Å². The molecule has 3 rings (SSSR count). The molecular formula is C15H19ClFN. The maximum absolute atomic E-state index is 13.1. The minimum atomic E-state index is -0.245. The van der Waals surface area contributed by atoms with Crippen molar-refractivity contribution in [2.75, 3.05) is 13.1 Å². The van der Waals surface area contributed by atoms with Gasteiger partial charge in [0.25, 0.3) is 0 Å². The zero-order valence-electron chi connectivity index (χ0n) is 10.5. The Balaban J connectivity index is 1.80. The molecule has 1 aliphatic carbocycles. The Hall–Kier alpha value is -0.600. The van der Waals surface area contributed by atoms with E-state index in [9.17, 15) is 4.39 Å². The van der Waals surface area contributed by atoms with E-state index in [1.165, 1.54) is 37.8 Å². The molecule has 3 heteroatoms. The predicted octanol–water partition coefficient (Wildman–Crippen LogP) is 3.80. The summed E-state index contributed by atoms with van der Waals surface area (Å²) in [4.78, 5) is 0. The van der Waals surface area contributed by atoms with Gasteiger partial charge in [0.15, 0.2) is 0 Å². The van der Waals surface area contributed by atoms with Crippen molar-refractivity contribution >= 4 is 11.6 Å². The van der Waals surface area contributed by atoms with E-state index in [4.69, 9.17) is 11.6 Å². The van der Waals surface area contributed by atoms with E-state index in [2.05, 4.69) is 5.32 Å². The fraction of sp³-hybridized carbons (Fsp3) is 0.600. The van der Waals surface area contributed by atoms with E-state index in [0.717, 1.165) is 31.0 Å². The van der Waals surface area contributed by atoms with Crippen LogP contribution in [0.5, 0.6) is 0 Å². The molecule has 0 aromatic heterocycles. The van der Waals surface area contributed by atoms with Crippen LogP contribution in [0.4, 0.5) is 4.39 Å². The summed E-state index contributed by atoms with van der Waals surface area (Å²) in [6, 6.07) is 4.81. The van der Waals surface area contributed by atoms with Crippen LogP contribution in [0, 0.1) is 17.2 Å². The highest BCUT2D eigenvalue weighted by molar-refractivity contribution is 6.31. The fourth-order valence-corrected chi connectivity index (χ4v) is 3.82. The van der Waals surface area contributed by atoms with Crippen molar-refractivity contribution in [3.05, 3.63) is 34.6 Å². The summed E-state index contributed by atoms with van der Waals surface area (Å²) >= 11 is 6.16. The normalized spacial score (nSPS) is 23.0. The van der Waals surface area contributed by atoms with Gasteiger partial charge in [-0.25, -0.2) is 4.39 Å². The maximum atomic E-state index is 13.1. The van der Waals surface area contributed by atoms with Crippen LogP contribution < -0.4 is 5.32 Å². The number of nitrogens with one attached hydrogen (secondary N) is 1. The second-order valence-corrected chi connectivity index (χ2v) is 6.27. The first-order chi connectivity index (χ1) is 8.70. The third kappa shape index (κ3) is 2.17. The molecule has 1 aliphatic heterocycles. The van der Waals surface area contributed by atoms with Crippen LogP contribution in [-0.4, -0.2) is 13.1 Å². The molecule has 1 heterocycles. The summed E-state index contributed by atoms with van der Waals surface area (Å²) < 4.78 is 13.1. The molecule has 0 amide bonds. The maximum Gasteiger partial charge on any atom is 0.124 e. The highest BCUT2D eigenvalue weighted by Gasteiger charge is 2.44. The first-order valence-corrected chi connectivity index (χ1v) is 7.22. The number of hydrogen-bond acceptors (Lipinski definition) is 1. The highest BCUT2D eigenvalue weighted by atomic mass is 35.5. The summed E-state index contributed by atoms with van der Waals surface area (Å²) in [7, 11) is 0. The van der Waals surface area contributed by atoms with Gasteiger partial charge in [-0.15, -0.1) is 0 Å². The number of halogens is 2. The Kier molecular flexibility index (Phi) is 3.33. The van der Waals surface area contributed by atoms with Crippen LogP contribution in [0.3, 0.4) is 0 Å². The van der Waals surface area contributed by atoms with Gasteiger partial charge in [-0.1, -0.05) is 30.5 Å². The summed E-state index contributed by atoms with van der Waals surface area (Å²) in [5.74, 6) is 0.574. The molecule has 18 heavy (non-hydrogen) atoms. The van der Waals surface area contributed by atoms with Crippen molar-refractivity contribution in [3.63, 3.8) is 0 Å². The molecule has 2 fully saturated rings. The SMILES string of the molecule is Fc1ccc(CC2(C3CCCC3)CNC2)c(Cl)c1. The van der Waals surface area contributed by atoms with Gasteiger partial charge < -0.3 is 5.32 Å². The van der Waals surface area contributed by atoms with E-state index in [0.29, 0.717) is 10.4 Å². The van der Waals surface area contributed by atoms with Crippen molar-refractivity contribution in [2.24, 2.45) is 11.3 Å². The summed E-state index contributed by atoms with van der Waals surface area (Å²) in [5, 5.41) is 4.00. The van der Waals surface area contributed by atoms with Crippen molar-refractivity contribution in [2.45, 2.75) is 32.1 Å². The standard InChI is InChI=1S/C15H19ClFN/c16-14-7-13(17)6-5-11(14)8-15(9-18-10-15)12-3-1-2-4-12/h5-7,12,18H,1-4,8-10H2. The van der Waals surface area contributed by atoms with E-state index in [-0.39, 0.29) is 5.82 Å². The molecular weight excluding hydrogens is 249 g/mol. The van der Waals surface area contributed by atoms with Crippen molar-refractivity contribution < 1.29 is 4.39 Å². The zero-order chi connectivity index (χ0) is 12.6. The minimum absolute atomic E-state index is 0.245. The average Bonchev–Trinajstić information content (AvgIpc) is 2.79. The lowest BCUT2D eigenvalue weighted by molar-refractivity contribution is 0.0812.